The first-order chi connectivity index (χ1) is 10.3. The normalized spacial score (nSPS) is 10.1. The van der Waals surface area contributed by atoms with E-state index < -0.39 is 0 Å². The maximum atomic E-state index is 11.7. The summed E-state index contributed by atoms with van der Waals surface area (Å²) in [6, 6.07) is 8.92. The van der Waals surface area contributed by atoms with E-state index >= 15 is 0 Å². The molecule has 2 aromatic rings. The molecule has 0 saturated heterocycles. The van der Waals surface area contributed by atoms with E-state index in [1.165, 1.54) is 0 Å². The lowest BCUT2D eigenvalue weighted by Gasteiger charge is -2.06. The fourth-order valence-corrected chi connectivity index (χ4v) is 1.82. The molecule has 6 heteroatoms. The Labute approximate surface area is 123 Å². The summed E-state index contributed by atoms with van der Waals surface area (Å²) in [6.07, 6.45) is 4.35. The molecule has 0 aliphatic carbocycles. The van der Waals surface area contributed by atoms with Gasteiger partial charge in [-0.25, -0.2) is 4.98 Å². The number of rotatable bonds is 7. The molecule has 0 atom stereocenters. The molecule has 6 nitrogen and oxygen atoms in total. The van der Waals surface area contributed by atoms with Crippen LogP contribution in [0.4, 0.5) is 0 Å². The highest BCUT2D eigenvalue weighted by Gasteiger charge is 2.05. The number of hydrogen-bond acceptors (Lipinski definition) is 3. The zero-order chi connectivity index (χ0) is 14.9. The minimum absolute atomic E-state index is 0.0880. The Morgan fingerprint density at radius 2 is 1.90 bits per heavy atom. The minimum Gasteiger partial charge on any atom is -0.356 e. The van der Waals surface area contributed by atoms with Gasteiger partial charge in [0.2, 0.25) is 5.91 Å². The van der Waals surface area contributed by atoms with Crippen LogP contribution in [-0.4, -0.2) is 34.9 Å². The number of benzene rings is 1. The van der Waals surface area contributed by atoms with Crippen LogP contribution in [0.1, 0.15) is 22.6 Å². The van der Waals surface area contributed by atoms with Crippen molar-refractivity contribution in [1.82, 2.24) is 20.6 Å². The zero-order valence-electron chi connectivity index (χ0n) is 11.6. The van der Waals surface area contributed by atoms with Crippen LogP contribution in [-0.2, 0) is 11.2 Å². The van der Waals surface area contributed by atoms with Crippen LogP contribution in [0.2, 0.25) is 0 Å². The fraction of sp³-hybridized carbons (Fsp3) is 0.267. The Morgan fingerprint density at radius 1 is 1.10 bits per heavy atom. The molecule has 0 bridgehead atoms. The summed E-state index contributed by atoms with van der Waals surface area (Å²) < 4.78 is 0. The van der Waals surface area contributed by atoms with E-state index in [0.29, 0.717) is 25.1 Å². The molecule has 0 aliphatic rings. The van der Waals surface area contributed by atoms with Crippen LogP contribution in [0.15, 0.2) is 42.7 Å². The van der Waals surface area contributed by atoms with Gasteiger partial charge in [-0.05, 0) is 12.1 Å². The Bertz CT molecular complexity index is 567. The Hall–Kier alpha value is -2.63. The lowest BCUT2D eigenvalue weighted by atomic mass is 10.2. The van der Waals surface area contributed by atoms with Gasteiger partial charge in [-0.2, -0.15) is 0 Å². The van der Waals surface area contributed by atoms with Gasteiger partial charge in [0, 0.05) is 43.9 Å². The van der Waals surface area contributed by atoms with Crippen LogP contribution < -0.4 is 10.6 Å². The van der Waals surface area contributed by atoms with Gasteiger partial charge in [0.25, 0.3) is 5.91 Å². The highest BCUT2D eigenvalue weighted by molar-refractivity contribution is 5.94. The van der Waals surface area contributed by atoms with Gasteiger partial charge in [0.1, 0.15) is 5.82 Å². The van der Waals surface area contributed by atoms with Gasteiger partial charge in [-0.15, -0.1) is 0 Å². The number of nitrogens with one attached hydrogen (secondary N) is 3. The molecule has 3 N–H and O–H groups in total. The third kappa shape index (κ3) is 5.10. The van der Waals surface area contributed by atoms with E-state index in [4.69, 9.17) is 0 Å². The van der Waals surface area contributed by atoms with Crippen molar-refractivity contribution in [2.24, 2.45) is 0 Å². The number of amides is 2. The Balaban J connectivity index is 1.60. The fourth-order valence-electron chi connectivity index (χ4n) is 1.82. The third-order valence-electron chi connectivity index (χ3n) is 2.91. The predicted molar refractivity (Wildman–Crippen MR) is 78.7 cm³/mol. The molecule has 1 heterocycles. The molecular weight excluding hydrogens is 268 g/mol. The molecule has 0 fully saturated rings. The summed E-state index contributed by atoms with van der Waals surface area (Å²) in [5.41, 5.74) is 0.593. The minimum atomic E-state index is -0.168. The summed E-state index contributed by atoms with van der Waals surface area (Å²) in [4.78, 5) is 30.4. The molecule has 21 heavy (non-hydrogen) atoms. The predicted octanol–water partition coefficient (Wildman–Crippen LogP) is 0.888. The smallest absolute Gasteiger partial charge is 0.251 e. The van der Waals surface area contributed by atoms with Crippen molar-refractivity contribution in [2.45, 2.75) is 12.8 Å². The maximum absolute atomic E-state index is 11.7. The van der Waals surface area contributed by atoms with Crippen molar-refractivity contribution in [1.29, 1.82) is 0 Å². The summed E-state index contributed by atoms with van der Waals surface area (Å²) in [5.74, 6) is 0.585. The number of nitrogens with zero attached hydrogens (tertiary/aromatic N) is 1. The van der Waals surface area contributed by atoms with Crippen molar-refractivity contribution >= 4 is 11.8 Å². The van der Waals surface area contributed by atoms with Crippen molar-refractivity contribution in [3.05, 3.63) is 54.1 Å². The number of aromatic amines is 1. The monoisotopic (exact) mass is 286 g/mol. The quantitative estimate of drug-likeness (QED) is 0.706. The molecule has 0 spiro atoms. The molecule has 0 saturated carbocycles. The highest BCUT2D eigenvalue weighted by Crippen LogP contribution is 1.97. The first-order valence-electron chi connectivity index (χ1n) is 6.84. The largest absolute Gasteiger partial charge is 0.356 e. The van der Waals surface area contributed by atoms with E-state index in [-0.39, 0.29) is 18.2 Å². The van der Waals surface area contributed by atoms with Crippen molar-refractivity contribution in [3.63, 3.8) is 0 Å². The molecule has 110 valence electrons. The molecule has 2 rings (SSSR count). The number of H-pyrrole nitrogens is 1. The number of aromatic nitrogens is 2. The van der Waals surface area contributed by atoms with Crippen molar-refractivity contribution in [2.75, 3.05) is 13.1 Å². The summed E-state index contributed by atoms with van der Waals surface area (Å²) in [7, 11) is 0. The zero-order valence-corrected chi connectivity index (χ0v) is 11.6. The summed E-state index contributed by atoms with van der Waals surface area (Å²) >= 11 is 0. The van der Waals surface area contributed by atoms with Gasteiger partial charge in [-0.1, -0.05) is 18.2 Å². The molecule has 0 radical (unpaired) electrons. The molecule has 2 amide bonds. The van der Waals surface area contributed by atoms with Crippen molar-refractivity contribution in [3.8, 4) is 0 Å². The maximum Gasteiger partial charge on any atom is 0.251 e. The van der Waals surface area contributed by atoms with E-state index in [9.17, 15) is 9.59 Å². The van der Waals surface area contributed by atoms with Gasteiger partial charge in [0.15, 0.2) is 0 Å². The standard InChI is InChI=1S/C15H18N4O2/c20-14(18-8-6-13-16-10-11-17-13)7-9-19-15(21)12-4-2-1-3-5-12/h1-5,10-11H,6-9H2,(H,16,17)(H,18,20)(H,19,21). The van der Waals surface area contributed by atoms with Gasteiger partial charge >= 0.3 is 0 Å². The third-order valence-corrected chi connectivity index (χ3v) is 2.91. The Morgan fingerprint density at radius 3 is 2.62 bits per heavy atom. The average Bonchev–Trinajstić information content (AvgIpc) is 3.01. The molecule has 0 aliphatic heterocycles. The van der Waals surface area contributed by atoms with E-state index in [1.54, 1.807) is 36.7 Å². The average molecular weight is 286 g/mol. The topological polar surface area (TPSA) is 86.9 Å². The van der Waals surface area contributed by atoms with E-state index in [0.717, 1.165) is 5.82 Å². The van der Waals surface area contributed by atoms with Crippen LogP contribution in [0.3, 0.4) is 0 Å². The first-order valence-corrected chi connectivity index (χ1v) is 6.84. The number of carbonyl (C=O) groups is 2. The van der Waals surface area contributed by atoms with Crippen LogP contribution in [0.5, 0.6) is 0 Å². The lowest BCUT2D eigenvalue weighted by Crippen LogP contribution is -2.31. The number of imidazole rings is 1. The van der Waals surface area contributed by atoms with E-state index in [1.807, 2.05) is 6.07 Å². The van der Waals surface area contributed by atoms with Crippen LogP contribution >= 0.6 is 0 Å². The second kappa shape index (κ2) is 7.84. The second-order valence-electron chi connectivity index (χ2n) is 4.51. The highest BCUT2D eigenvalue weighted by atomic mass is 16.2. The summed E-state index contributed by atoms with van der Waals surface area (Å²) in [5, 5.41) is 5.50. The second-order valence-corrected chi connectivity index (χ2v) is 4.51. The molecular formula is C15H18N4O2. The molecule has 1 aromatic carbocycles. The van der Waals surface area contributed by atoms with Gasteiger partial charge < -0.3 is 15.6 Å². The summed E-state index contributed by atoms with van der Waals surface area (Å²) in [6.45, 7) is 0.847. The number of hydrogen-bond donors (Lipinski definition) is 3. The lowest BCUT2D eigenvalue weighted by molar-refractivity contribution is -0.120. The van der Waals surface area contributed by atoms with Crippen LogP contribution in [0.25, 0.3) is 0 Å². The number of carbonyl (C=O) groups excluding carboxylic acids is 2. The molecule has 1 aromatic heterocycles. The van der Waals surface area contributed by atoms with Crippen LogP contribution in [0, 0.1) is 0 Å². The first kappa shape index (κ1) is 14.8. The molecule has 0 unspecified atom stereocenters. The van der Waals surface area contributed by atoms with Gasteiger partial charge in [-0.3, -0.25) is 9.59 Å². The van der Waals surface area contributed by atoms with E-state index in [2.05, 4.69) is 20.6 Å². The SMILES string of the molecule is O=C(CCNC(=O)c1ccccc1)NCCc1ncc[nH]1. The van der Waals surface area contributed by atoms with Crippen molar-refractivity contribution < 1.29 is 9.59 Å². The van der Waals surface area contributed by atoms with Gasteiger partial charge in [0.05, 0.1) is 0 Å². The Kier molecular flexibility index (Phi) is 5.51.